The second kappa shape index (κ2) is 7.83. The molecule has 2 aromatic carbocycles. The van der Waals surface area contributed by atoms with Crippen LogP contribution >= 0.6 is 11.6 Å². The maximum Gasteiger partial charge on any atom is 0.416 e. The summed E-state index contributed by atoms with van der Waals surface area (Å²) in [4.78, 5) is 21.2. The Hall–Kier alpha value is -2.46. The van der Waals surface area contributed by atoms with Crippen LogP contribution in [0.3, 0.4) is 0 Å². The van der Waals surface area contributed by atoms with Crippen LogP contribution in [-0.2, 0) is 21.8 Å². The number of alkyl halides is 3. The highest BCUT2D eigenvalue weighted by molar-refractivity contribution is 7.85. The van der Waals surface area contributed by atoms with E-state index in [1.54, 1.807) is 0 Å². The van der Waals surface area contributed by atoms with Crippen LogP contribution in [-0.4, -0.2) is 20.9 Å². The number of nitrogens with zero attached hydrogens (tertiary/aromatic N) is 1. The molecule has 26 heavy (non-hydrogen) atoms. The molecule has 6 nitrogen and oxygen atoms in total. The van der Waals surface area contributed by atoms with Gasteiger partial charge in [-0.05, 0) is 36.4 Å². The van der Waals surface area contributed by atoms with Crippen molar-refractivity contribution in [2.75, 3.05) is 5.75 Å². The van der Waals surface area contributed by atoms with Crippen molar-refractivity contribution in [3.8, 4) is 5.75 Å². The fourth-order valence-corrected chi connectivity index (χ4v) is 3.02. The first-order valence-corrected chi connectivity index (χ1v) is 8.48. The second-order valence-corrected chi connectivity index (χ2v) is 6.71. The van der Waals surface area contributed by atoms with Gasteiger partial charge in [0.05, 0.1) is 21.3 Å². The Labute approximate surface area is 152 Å². The molecular weight excluding hydrogens is 399 g/mol. The number of carbonyl (C=O) groups excluding carboxylic acids is 1. The van der Waals surface area contributed by atoms with Crippen molar-refractivity contribution >= 4 is 34.1 Å². The van der Waals surface area contributed by atoms with Gasteiger partial charge in [-0.15, -0.1) is 0 Å². The molecule has 0 N–H and O–H groups in total. The fourth-order valence-electron chi connectivity index (χ4n) is 1.88. The lowest BCUT2D eigenvalue weighted by Gasteiger charge is -2.09. The van der Waals surface area contributed by atoms with Gasteiger partial charge >= 0.3 is 12.1 Å². The van der Waals surface area contributed by atoms with Crippen molar-refractivity contribution in [2.24, 2.45) is 0 Å². The number of halogens is 4. The zero-order chi connectivity index (χ0) is 19.5. The molecular formula is C15H9ClF3NO5S. The highest BCUT2D eigenvalue weighted by Gasteiger charge is 2.34. The van der Waals surface area contributed by atoms with Gasteiger partial charge in [0.2, 0.25) is 0 Å². The summed E-state index contributed by atoms with van der Waals surface area (Å²) in [6, 6.07) is 7.20. The minimum absolute atomic E-state index is 0.110. The predicted octanol–water partition coefficient (Wildman–Crippen LogP) is 3.98. The highest BCUT2D eigenvalue weighted by atomic mass is 35.5. The number of esters is 1. The third-order valence-electron chi connectivity index (χ3n) is 3.02. The van der Waals surface area contributed by atoms with Crippen molar-refractivity contribution in [3.63, 3.8) is 0 Å². The molecule has 0 aromatic heterocycles. The number of carbonyl (C=O) groups is 1. The number of hydrogen-bond acceptors (Lipinski definition) is 5. The molecule has 0 aliphatic rings. The van der Waals surface area contributed by atoms with Crippen molar-refractivity contribution in [2.45, 2.75) is 11.1 Å². The van der Waals surface area contributed by atoms with Crippen LogP contribution in [0.25, 0.3) is 0 Å². The number of nitro groups is 1. The molecule has 0 aliphatic heterocycles. The smallest absolute Gasteiger partial charge is 0.416 e. The number of nitro benzene ring substituents is 1. The molecule has 0 heterocycles. The molecule has 0 saturated heterocycles. The van der Waals surface area contributed by atoms with Gasteiger partial charge in [-0.2, -0.15) is 13.2 Å². The summed E-state index contributed by atoms with van der Waals surface area (Å²) in [5, 5.41) is 11.4. The van der Waals surface area contributed by atoms with Gasteiger partial charge in [0.25, 0.3) is 5.69 Å². The number of hydrogen-bond donors (Lipinski definition) is 0. The standard InChI is InChI=1S/C15H9ClF3NO5S/c16-10-2-4-11(5-3-10)25-14(21)8-26(24)13-6-1-9(15(17,18)19)7-12(13)20(22)23/h1-7H,8H2/t26-/m1/s1. The lowest BCUT2D eigenvalue weighted by molar-refractivity contribution is -0.388. The minimum Gasteiger partial charge on any atom is -0.426 e. The maximum absolute atomic E-state index is 12.7. The molecule has 1 atom stereocenters. The average Bonchev–Trinajstić information content (AvgIpc) is 2.55. The average molecular weight is 408 g/mol. The first kappa shape index (κ1) is 19.9. The Balaban J connectivity index is 2.19. The van der Waals surface area contributed by atoms with Gasteiger partial charge in [-0.1, -0.05) is 11.6 Å². The third kappa shape index (κ3) is 5.02. The van der Waals surface area contributed by atoms with Gasteiger partial charge in [0.15, 0.2) is 0 Å². The third-order valence-corrected chi connectivity index (χ3v) is 4.61. The van der Waals surface area contributed by atoms with E-state index >= 15 is 0 Å². The lowest BCUT2D eigenvalue weighted by atomic mass is 10.2. The van der Waals surface area contributed by atoms with E-state index in [0.29, 0.717) is 17.2 Å². The minimum atomic E-state index is -4.79. The van der Waals surface area contributed by atoms with Gasteiger partial charge in [0.1, 0.15) is 16.4 Å². The van der Waals surface area contributed by atoms with E-state index in [2.05, 4.69) is 0 Å². The van der Waals surface area contributed by atoms with Crippen molar-refractivity contribution in [1.82, 2.24) is 0 Å². The zero-order valence-electron chi connectivity index (χ0n) is 12.7. The SMILES string of the molecule is O=C(C[S@@](=O)c1ccc(C(F)(F)F)cc1[N+](=O)[O-])Oc1ccc(Cl)cc1. The van der Waals surface area contributed by atoms with Crippen LogP contribution in [0, 0.1) is 10.1 Å². The van der Waals surface area contributed by atoms with E-state index in [4.69, 9.17) is 16.3 Å². The second-order valence-electron chi connectivity index (χ2n) is 4.86. The van der Waals surface area contributed by atoms with Crippen LogP contribution in [0.1, 0.15) is 5.56 Å². The summed E-state index contributed by atoms with van der Waals surface area (Å²) in [7, 11) is -2.27. The molecule has 0 saturated carbocycles. The first-order valence-electron chi connectivity index (χ1n) is 6.78. The van der Waals surface area contributed by atoms with Crippen LogP contribution < -0.4 is 4.74 Å². The summed E-state index contributed by atoms with van der Waals surface area (Å²) >= 11 is 5.67. The monoisotopic (exact) mass is 407 g/mol. The maximum atomic E-state index is 12.7. The van der Waals surface area contributed by atoms with Gasteiger partial charge in [-0.3, -0.25) is 19.1 Å². The van der Waals surface area contributed by atoms with E-state index in [-0.39, 0.29) is 11.8 Å². The molecule has 0 spiro atoms. The summed E-state index contributed by atoms with van der Waals surface area (Å²) in [6.07, 6.45) is -4.79. The predicted molar refractivity (Wildman–Crippen MR) is 86.5 cm³/mol. The van der Waals surface area contributed by atoms with Crippen LogP contribution in [0.2, 0.25) is 5.02 Å². The Morgan fingerprint density at radius 1 is 1.19 bits per heavy atom. The van der Waals surface area contributed by atoms with Crippen molar-refractivity contribution < 1.29 is 31.8 Å². The van der Waals surface area contributed by atoms with E-state index in [9.17, 15) is 32.3 Å². The van der Waals surface area contributed by atoms with E-state index in [0.717, 1.165) is 0 Å². The summed E-state index contributed by atoms with van der Waals surface area (Å²) in [5.74, 6) is -1.63. The molecule has 11 heteroatoms. The van der Waals surface area contributed by atoms with Gasteiger partial charge in [0, 0.05) is 11.1 Å². The molecule has 0 amide bonds. The Morgan fingerprint density at radius 2 is 1.81 bits per heavy atom. The summed E-state index contributed by atoms with van der Waals surface area (Å²) in [6.45, 7) is 0. The van der Waals surface area contributed by atoms with E-state index in [1.165, 1.54) is 24.3 Å². The summed E-state index contributed by atoms with van der Waals surface area (Å²) in [5.41, 5.74) is -2.24. The molecule has 2 rings (SSSR count). The first-order chi connectivity index (χ1) is 12.1. The highest BCUT2D eigenvalue weighted by Crippen LogP contribution is 2.34. The molecule has 0 bridgehead atoms. The van der Waals surface area contributed by atoms with Gasteiger partial charge < -0.3 is 4.74 Å². The molecule has 138 valence electrons. The van der Waals surface area contributed by atoms with Crippen molar-refractivity contribution in [3.05, 3.63) is 63.2 Å². The zero-order valence-corrected chi connectivity index (χ0v) is 14.2. The Morgan fingerprint density at radius 3 is 2.35 bits per heavy atom. The number of ether oxygens (including phenoxy) is 1. The van der Waals surface area contributed by atoms with Crippen LogP contribution in [0.4, 0.5) is 18.9 Å². The van der Waals surface area contributed by atoms with Crippen LogP contribution in [0.5, 0.6) is 5.75 Å². The lowest BCUT2D eigenvalue weighted by Crippen LogP contribution is -2.18. The normalized spacial score (nSPS) is 12.5. The molecule has 0 fully saturated rings. The number of benzene rings is 2. The quantitative estimate of drug-likeness (QED) is 0.324. The summed E-state index contributed by atoms with van der Waals surface area (Å²) < 4.78 is 55.1. The topological polar surface area (TPSA) is 86.5 Å². The molecule has 2 aromatic rings. The van der Waals surface area contributed by atoms with Crippen LogP contribution in [0.15, 0.2) is 47.4 Å². The number of rotatable bonds is 5. The van der Waals surface area contributed by atoms with E-state index < -0.39 is 49.8 Å². The van der Waals surface area contributed by atoms with Crippen molar-refractivity contribution in [1.29, 1.82) is 0 Å². The van der Waals surface area contributed by atoms with E-state index in [1.807, 2.05) is 0 Å². The molecule has 0 unspecified atom stereocenters. The Bertz CT molecular complexity index is 871. The molecule has 0 aliphatic carbocycles. The van der Waals surface area contributed by atoms with Gasteiger partial charge in [-0.25, -0.2) is 0 Å². The largest absolute Gasteiger partial charge is 0.426 e. The fraction of sp³-hybridized carbons (Fsp3) is 0.133. The Kier molecular flexibility index (Phi) is 5.98. The molecule has 0 radical (unpaired) electrons.